The SMILES string of the molecule is O=C(CC1CCCN(S(=O)(=O)c2ccccc2)C1)NN1CCOCC1. The van der Waals surface area contributed by atoms with Crippen LogP contribution in [0, 0.1) is 5.92 Å². The van der Waals surface area contributed by atoms with Crippen LogP contribution in [0.4, 0.5) is 0 Å². The lowest BCUT2D eigenvalue weighted by Gasteiger charge is -2.32. The highest BCUT2D eigenvalue weighted by molar-refractivity contribution is 7.89. The molecule has 1 N–H and O–H groups in total. The predicted molar refractivity (Wildman–Crippen MR) is 93.1 cm³/mol. The van der Waals surface area contributed by atoms with Crippen LogP contribution in [0.25, 0.3) is 0 Å². The average Bonchev–Trinajstić information content (AvgIpc) is 2.63. The van der Waals surface area contributed by atoms with E-state index in [0.717, 1.165) is 12.8 Å². The fourth-order valence-electron chi connectivity index (χ4n) is 3.31. The number of sulfonamides is 1. The average molecular weight is 367 g/mol. The second-order valence-corrected chi connectivity index (χ2v) is 8.46. The molecule has 2 fully saturated rings. The van der Waals surface area contributed by atoms with E-state index in [-0.39, 0.29) is 11.8 Å². The summed E-state index contributed by atoms with van der Waals surface area (Å²) >= 11 is 0. The Labute approximate surface area is 149 Å². The molecule has 1 aromatic carbocycles. The van der Waals surface area contributed by atoms with Crippen LogP contribution in [-0.2, 0) is 19.6 Å². The number of ether oxygens (including phenoxy) is 1. The van der Waals surface area contributed by atoms with Crippen LogP contribution in [0.1, 0.15) is 19.3 Å². The van der Waals surface area contributed by atoms with Crippen molar-refractivity contribution in [1.82, 2.24) is 14.7 Å². The largest absolute Gasteiger partial charge is 0.379 e. The Morgan fingerprint density at radius 1 is 1.16 bits per heavy atom. The third-order valence-electron chi connectivity index (χ3n) is 4.63. The number of nitrogens with one attached hydrogen (secondary N) is 1. The van der Waals surface area contributed by atoms with E-state index in [2.05, 4.69) is 5.43 Å². The normalized spacial score (nSPS) is 23.3. The van der Waals surface area contributed by atoms with Crippen molar-refractivity contribution in [2.24, 2.45) is 5.92 Å². The summed E-state index contributed by atoms with van der Waals surface area (Å²) in [7, 11) is -3.48. The minimum atomic E-state index is -3.48. The maximum absolute atomic E-state index is 12.7. The second kappa shape index (κ2) is 8.27. The summed E-state index contributed by atoms with van der Waals surface area (Å²) < 4.78 is 32.2. The van der Waals surface area contributed by atoms with E-state index < -0.39 is 10.0 Å². The molecule has 2 saturated heterocycles. The molecule has 138 valence electrons. The minimum absolute atomic E-state index is 0.0493. The van der Waals surface area contributed by atoms with Gasteiger partial charge in [-0.2, -0.15) is 4.31 Å². The molecule has 0 aromatic heterocycles. The smallest absolute Gasteiger partial charge is 0.243 e. The maximum atomic E-state index is 12.7. The molecule has 2 heterocycles. The Morgan fingerprint density at radius 3 is 2.60 bits per heavy atom. The van der Waals surface area contributed by atoms with Crippen LogP contribution in [0.3, 0.4) is 0 Å². The van der Waals surface area contributed by atoms with Crippen LogP contribution in [0.2, 0.25) is 0 Å². The molecule has 0 aliphatic carbocycles. The van der Waals surface area contributed by atoms with E-state index in [1.165, 1.54) is 4.31 Å². The Morgan fingerprint density at radius 2 is 1.88 bits per heavy atom. The lowest BCUT2D eigenvalue weighted by atomic mass is 9.96. The molecule has 0 bridgehead atoms. The lowest BCUT2D eigenvalue weighted by Crippen LogP contribution is -2.49. The molecule has 2 aliphatic heterocycles. The Kier molecular flexibility index (Phi) is 6.06. The number of morpholine rings is 1. The summed E-state index contributed by atoms with van der Waals surface area (Å²) in [6.45, 7) is 3.52. The zero-order chi connectivity index (χ0) is 17.7. The number of piperidine rings is 1. The topological polar surface area (TPSA) is 79.0 Å². The highest BCUT2D eigenvalue weighted by Crippen LogP contribution is 2.25. The molecule has 1 unspecified atom stereocenters. The number of hydrogen-bond acceptors (Lipinski definition) is 5. The van der Waals surface area contributed by atoms with Crippen molar-refractivity contribution < 1.29 is 17.9 Å². The molecule has 0 radical (unpaired) electrons. The zero-order valence-electron chi connectivity index (χ0n) is 14.3. The Hall–Kier alpha value is -1.48. The van der Waals surface area contributed by atoms with E-state index in [4.69, 9.17) is 4.74 Å². The van der Waals surface area contributed by atoms with Gasteiger partial charge in [-0.3, -0.25) is 10.2 Å². The first kappa shape index (κ1) is 18.3. The summed E-state index contributed by atoms with van der Waals surface area (Å²) in [6.07, 6.45) is 2.00. The molecule has 3 rings (SSSR count). The molecule has 1 amide bonds. The van der Waals surface area contributed by atoms with Gasteiger partial charge in [-0.1, -0.05) is 18.2 Å². The first-order valence-corrected chi connectivity index (χ1v) is 10.2. The molecule has 0 spiro atoms. The summed E-state index contributed by atoms with van der Waals surface area (Å²) in [6, 6.07) is 8.48. The number of hydrazine groups is 1. The van der Waals surface area contributed by atoms with Crippen molar-refractivity contribution in [2.75, 3.05) is 39.4 Å². The zero-order valence-corrected chi connectivity index (χ0v) is 15.1. The molecule has 0 saturated carbocycles. The number of hydrogen-bond donors (Lipinski definition) is 1. The standard InChI is InChI=1S/C17H25N3O4S/c21-17(18-19-9-11-24-12-10-19)13-15-5-4-8-20(14-15)25(22,23)16-6-2-1-3-7-16/h1-3,6-7,15H,4-5,8-14H2,(H,18,21). The van der Waals surface area contributed by atoms with Gasteiger partial charge < -0.3 is 4.74 Å². The summed E-state index contributed by atoms with van der Waals surface area (Å²) in [5.41, 5.74) is 2.90. The van der Waals surface area contributed by atoms with Crippen LogP contribution < -0.4 is 5.43 Å². The molecule has 25 heavy (non-hydrogen) atoms. The van der Waals surface area contributed by atoms with Gasteiger partial charge in [0.1, 0.15) is 0 Å². The third-order valence-corrected chi connectivity index (χ3v) is 6.51. The Bertz CT molecular complexity index is 674. The number of benzene rings is 1. The predicted octanol–water partition coefficient (Wildman–Crippen LogP) is 0.841. The van der Waals surface area contributed by atoms with Gasteiger partial charge in [0.25, 0.3) is 0 Å². The van der Waals surface area contributed by atoms with E-state index in [9.17, 15) is 13.2 Å². The highest BCUT2D eigenvalue weighted by atomic mass is 32.2. The van der Waals surface area contributed by atoms with Crippen LogP contribution in [0.15, 0.2) is 35.2 Å². The van der Waals surface area contributed by atoms with Crippen molar-refractivity contribution in [3.63, 3.8) is 0 Å². The van der Waals surface area contributed by atoms with Crippen molar-refractivity contribution in [2.45, 2.75) is 24.2 Å². The van der Waals surface area contributed by atoms with Crippen LogP contribution in [-0.4, -0.2) is 63.0 Å². The van der Waals surface area contributed by atoms with Crippen LogP contribution in [0.5, 0.6) is 0 Å². The quantitative estimate of drug-likeness (QED) is 0.834. The maximum Gasteiger partial charge on any atom is 0.243 e. The lowest BCUT2D eigenvalue weighted by molar-refractivity contribution is -0.129. The van der Waals surface area contributed by atoms with E-state index in [1.807, 2.05) is 5.01 Å². The monoisotopic (exact) mass is 367 g/mol. The van der Waals surface area contributed by atoms with Gasteiger partial charge in [0.05, 0.1) is 18.1 Å². The molecular formula is C17H25N3O4S. The van der Waals surface area contributed by atoms with Gasteiger partial charge in [0, 0.05) is 32.6 Å². The highest BCUT2D eigenvalue weighted by Gasteiger charge is 2.31. The van der Waals surface area contributed by atoms with E-state index in [1.54, 1.807) is 30.3 Å². The van der Waals surface area contributed by atoms with Gasteiger partial charge >= 0.3 is 0 Å². The Balaban J connectivity index is 1.56. The first-order valence-electron chi connectivity index (χ1n) is 8.73. The van der Waals surface area contributed by atoms with Gasteiger partial charge in [0.2, 0.25) is 15.9 Å². The fraction of sp³-hybridized carbons (Fsp3) is 0.588. The number of carbonyl (C=O) groups excluding carboxylic acids is 1. The van der Waals surface area contributed by atoms with Crippen molar-refractivity contribution in [3.8, 4) is 0 Å². The number of nitrogens with zero attached hydrogens (tertiary/aromatic N) is 2. The van der Waals surface area contributed by atoms with E-state index >= 15 is 0 Å². The summed E-state index contributed by atoms with van der Waals surface area (Å²) in [4.78, 5) is 12.6. The van der Waals surface area contributed by atoms with Crippen LogP contribution >= 0.6 is 0 Å². The number of carbonyl (C=O) groups is 1. The molecule has 1 atom stereocenters. The molecule has 1 aromatic rings. The molecule has 2 aliphatic rings. The first-order chi connectivity index (χ1) is 12.1. The van der Waals surface area contributed by atoms with Crippen molar-refractivity contribution in [1.29, 1.82) is 0 Å². The second-order valence-electron chi connectivity index (χ2n) is 6.52. The van der Waals surface area contributed by atoms with Crippen molar-refractivity contribution in [3.05, 3.63) is 30.3 Å². The van der Waals surface area contributed by atoms with Gasteiger partial charge in [0.15, 0.2) is 0 Å². The van der Waals surface area contributed by atoms with Gasteiger partial charge in [-0.25, -0.2) is 13.4 Å². The number of amides is 1. The molecule has 8 heteroatoms. The fourth-order valence-corrected chi connectivity index (χ4v) is 4.89. The molecule has 7 nitrogen and oxygen atoms in total. The van der Waals surface area contributed by atoms with Gasteiger partial charge in [-0.05, 0) is 30.9 Å². The number of rotatable bonds is 5. The van der Waals surface area contributed by atoms with Crippen molar-refractivity contribution >= 4 is 15.9 Å². The molecular weight excluding hydrogens is 342 g/mol. The van der Waals surface area contributed by atoms with Gasteiger partial charge in [-0.15, -0.1) is 0 Å². The van der Waals surface area contributed by atoms with E-state index in [0.29, 0.717) is 50.7 Å². The summed E-state index contributed by atoms with van der Waals surface area (Å²) in [5.74, 6) is -0.000799. The third kappa shape index (κ3) is 4.78. The minimum Gasteiger partial charge on any atom is -0.379 e. The summed E-state index contributed by atoms with van der Waals surface area (Å²) in [5, 5.41) is 1.87.